The van der Waals surface area contributed by atoms with Crippen LogP contribution >= 0.6 is 0 Å². The first-order valence-corrected chi connectivity index (χ1v) is 12.2. The van der Waals surface area contributed by atoms with Gasteiger partial charge in [0, 0.05) is 31.2 Å². The molecule has 26 heavy (non-hydrogen) atoms. The lowest BCUT2D eigenvalue weighted by Crippen LogP contribution is -2.71. The zero-order valence-electron chi connectivity index (χ0n) is 16.0. The molecule has 2 unspecified atom stereocenters. The number of nitrogens with two attached hydrogens (primary N) is 1. The average molecular weight is 385 g/mol. The first-order valence-electron chi connectivity index (χ1n) is 10.7. The van der Waals surface area contributed by atoms with Gasteiger partial charge in [-0.2, -0.15) is 0 Å². The van der Waals surface area contributed by atoms with E-state index in [0.29, 0.717) is 12.0 Å². The Morgan fingerprint density at radius 3 is 2.19 bits per heavy atom. The van der Waals surface area contributed by atoms with Crippen LogP contribution in [-0.4, -0.2) is 73.7 Å². The highest BCUT2D eigenvalue weighted by molar-refractivity contribution is 7.89. The van der Waals surface area contributed by atoms with E-state index in [2.05, 4.69) is 10.2 Å². The van der Waals surface area contributed by atoms with Crippen molar-refractivity contribution < 1.29 is 8.42 Å². The molecule has 3 N–H and O–H groups in total. The van der Waals surface area contributed by atoms with Gasteiger partial charge in [-0.1, -0.05) is 19.3 Å². The van der Waals surface area contributed by atoms with Gasteiger partial charge in [0.2, 0.25) is 10.0 Å². The van der Waals surface area contributed by atoms with Crippen molar-refractivity contribution in [3.05, 3.63) is 0 Å². The molecule has 4 aliphatic rings. The summed E-state index contributed by atoms with van der Waals surface area (Å²) in [4.78, 5) is 2.54. The van der Waals surface area contributed by atoms with Gasteiger partial charge in [-0.25, -0.2) is 12.7 Å². The third-order valence-corrected chi connectivity index (χ3v) is 9.92. The van der Waals surface area contributed by atoms with Crippen molar-refractivity contribution in [2.75, 3.05) is 39.3 Å². The molecule has 0 amide bonds. The lowest BCUT2D eigenvalue weighted by molar-refractivity contribution is 0.0301. The van der Waals surface area contributed by atoms with Crippen molar-refractivity contribution in [2.45, 2.75) is 74.6 Å². The van der Waals surface area contributed by atoms with Crippen LogP contribution in [0.5, 0.6) is 0 Å². The van der Waals surface area contributed by atoms with E-state index in [1.54, 1.807) is 4.31 Å². The smallest absolute Gasteiger partial charge is 0.217 e. The van der Waals surface area contributed by atoms with E-state index in [4.69, 9.17) is 5.73 Å². The van der Waals surface area contributed by atoms with Crippen molar-refractivity contribution in [3.8, 4) is 0 Å². The molecule has 0 spiro atoms. The van der Waals surface area contributed by atoms with Crippen molar-refractivity contribution in [3.63, 3.8) is 0 Å². The molecule has 3 saturated heterocycles. The molecular weight excluding hydrogens is 348 g/mol. The second-order valence-corrected chi connectivity index (χ2v) is 11.2. The van der Waals surface area contributed by atoms with Gasteiger partial charge in [0.15, 0.2) is 0 Å². The third kappa shape index (κ3) is 3.46. The van der Waals surface area contributed by atoms with Gasteiger partial charge in [-0.05, 0) is 64.1 Å². The molecule has 2 atom stereocenters. The van der Waals surface area contributed by atoms with E-state index in [1.807, 2.05) is 0 Å². The number of nitrogens with zero attached hydrogens (tertiary/aromatic N) is 2. The van der Waals surface area contributed by atoms with Gasteiger partial charge in [0.1, 0.15) is 0 Å². The molecule has 0 bridgehead atoms. The minimum Gasteiger partial charge on any atom is -0.322 e. The number of hydrogen-bond donors (Lipinski definition) is 2. The summed E-state index contributed by atoms with van der Waals surface area (Å²) in [6.45, 7) is 5.16. The van der Waals surface area contributed by atoms with Crippen molar-refractivity contribution in [2.24, 2.45) is 11.7 Å². The molecular formula is C19H36N4O2S. The minimum absolute atomic E-state index is 0.151. The van der Waals surface area contributed by atoms with E-state index >= 15 is 0 Å². The zero-order chi connectivity index (χ0) is 18.2. The maximum absolute atomic E-state index is 12.7. The van der Waals surface area contributed by atoms with Gasteiger partial charge in [-0.15, -0.1) is 0 Å². The first-order chi connectivity index (χ1) is 12.5. The first kappa shape index (κ1) is 19.1. The Balaban J connectivity index is 1.42. The summed E-state index contributed by atoms with van der Waals surface area (Å²) in [5.41, 5.74) is 6.93. The fourth-order valence-electron chi connectivity index (χ4n) is 5.75. The molecule has 3 aliphatic heterocycles. The van der Waals surface area contributed by atoms with Crippen molar-refractivity contribution in [1.82, 2.24) is 14.5 Å². The lowest BCUT2D eigenvalue weighted by atomic mass is 9.68. The Bertz CT molecular complexity index is 580. The highest BCUT2D eigenvalue weighted by Crippen LogP contribution is 2.38. The van der Waals surface area contributed by atoms with E-state index in [9.17, 15) is 8.42 Å². The molecule has 0 aromatic heterocycles. The molecule has 3 heterocycles. The maximum Gasteiger partial charge on any atom is 0.217 e. The fourth-order valence-corrected chi connectivity index (χ4v) is 7.74. The number of nitrogens with one attached hydrogen (secondary N) is 1. The highest BCUT2D eigenvalue weighted by atomic mass is 32.2. The van der Waals surface area contributed by atoms with Crippen LogP contribution in [0.1, 0.15) is 57.8 Å². The molecule has 150 valence electrons. The number of sulfonamides is 1. The summed E-state index contributed by atoms with van der Waals surface area (Å²) < 4.78 is 27.1. The molecule has 1 saturated carbocycles. The fraction of sp³-hybridized carbons (Fsp3) is 1.00. The Kier molecular flexibility index (Phi) is 5.64. The van der Waals surface area contributed by atoms with Crippen LogP contribution in [0.3, 0.4) is 0 Å². The Hall–Kier alpha value is -0.210. The molecule has 1 aliphatic carbocycles. The monoisotopic (exact) mass is 384 g/mol. The molecule has 0 radical (unpaired) electrons. The standard InChI is InChI=1S/C19H36N4O2S/c20-19(16-5-2-1-3-6-16)15-21-10-7-18(19)22-13-8-17(9-14-22)26(24,25)23-11-4-12-23/h16-18,21H,1-15,20H2. The minimum atomic E-state index is -3.07. The Labute approximate surface area is 158 Å². The summed E-state index contributed by atoms with van der Waals surface area (Å²) in [7, 11) is -3.07. The number of hydrogen-bond acceptors (Lipinski definition) is 5. The van der Waals surface area contributed by atoms with Crippen molar-refractivity contribution >= 4 is 10.0 Å². The second-order valence-electron chi connectivity index (χ2n) is 8.96. The van der Waals surface area contributed by atoms with Gasteiger partial charge in [-0.3, -0.25) is 4.90 Å². The molecule has 6 nitrogen and oxygen atoms in total. The van der Waals surface area contributed by atoms with E-state index < -0.39 is 10.0 Å². The molecule has 0 aromatic rings. The van der Waals surface area contributed by atoms with Crippen LogP contribution in [0.4, 0.5) is 0 Å². The van der Waals surface area contributed by atoms with Gasteiger partial charge >= 0.3 is 0 Å². The van der Waals surface area contributed by atoms with Gasteiger partial charge in [0.25, 0.3) is 0 Å². The number of rotatable bonds is 4. The molecule has 4 fully saturated rings. The average Bonchev–Trinajstić information content (AvgIpc) is 2.61. The van der Waals surface area contributed by atoms with Crippen LogP contribution in [0.2, 0.25) is 0 Å². The third-order valence-electron chi connectivity index (χ3n) is 7.52. The molecule has 0 aromatic carbocycles. The second kappa shape index (κ2) is 7.66. The predicted molar refractivity (Wildman–Crippen MR) is 104 cm³/mol. The van der Waals surface area contributed by atoms with Gasteiger partial charge < -0.3 is 11.1 Å². The molecule has 7 heteroatoms. The van der Waals surface area contributed by atoms with Crippen LogP contribution in [0.25, 0.3) is 0 Å². The summed E-state index contributed by atoms with van der Waals surface area (Å²) in [5.74, 6) is 0.608. The maximum atomic E-state index is 12.7. The van der Waals surface area contributed by atoms with E-state index in [-0.39, 0.29) is 10.8 Å². The summed E-state index contributed by atoms with van der Waals surface area (Å²) in [6, 6.07) is 0.402. The SMILES string of the molecule is NC1(C2CCCCC2)CNCCC1N1CCC(S(=O)(=O)N2CCC2)CC1. The van der Waals surface area contributed by atoms with Crippen molar-refractivity contribution in [1.29, 1.82) is 0 Å². The highest BCUT2D eigenvalue weighted by Gasteiger charge is 2.47. The summed E-state index contributed by atoms with van der Waals surface area (Å²) in [5, 5.41) is 3.37. The molecule has 4 rings (SSSR count). The van der Waals surface area contributed by atoms with Crippen LogP contribution in [0.15, 0.2) is 0 Å². The Morgan fingerprint density at radius 2 is 1.58 bits per heavy atom. The van der Waals surface area contributed by atoms with E-state index in [1.165, 1.54) is 32.1 Å². The van der Waals surface area contributed by atoms with E-state index in [0.717, 1.165) is 65.0 Å². The topological polar surface area (TPSA) is 78.7 Å². The Morgan fingerprint density at radius 1 is 0.885 bits per heavy atom. The number of likely N-dealkylation sites (tertiary alicyclic amines) is 1. The quantitative estimate of drug-likeness (QED) is 0.760. The summed E-state index contributed by atoms with van der Waals surface area (Å²) in [6.07, 6.45) is 10.1. The van der Waals surface area contributed by atoms with Crippen LogP contribution in [-0.2, 0) is 10.0 Å². The normalized spacial score (nSPS) is 36.7. The van der Waals surface area contributed by atoms with Gasteiger partial charge in [0.05, 0.1) is 5.25 Å². The van der Waals surface area contributed by atoms with Crippen LogP contribution < -0.4 is 11.1 Å². The van der Waals surface area contributed by atoms with Crippen LogP contribution in [0, 0.1) is 5.92 Å². The largest absolute Gasteiger partial charge is 0.322 e. The predicted octanol–water partition coefficient (Wildman–Crippen LogP) is 1.13. The number of piperidine rings is 2. The lowest BCUT2D eigenvalue weighted by Gasteiger charge is -2.53. The summed E-state index contributed by atoms with van der Waals surface area (Å²) >= 11 is 0. The zero-order valence-corrected chi connectivity index (χ0v) is 16.9.